The summed E-state index contributed by atoms with van der Waals surface area (Å²) in [6.07, 6.45) is 1.62. The SMILES string of the molecule is CCNC(=NCC1(CCO)CCOC1)NCCOc1cccc(Cl)c1Cl.I. The molecule has 1 unspecified atom stereocenters. The molecular weight excluding hydrogens is 504 g/mol. The summed E-state index contributed by atoms with van der Waals surface area (Å²) < 4.78 is 11.2. The van der Waals surface area contributed by atoms with Crippen molar-refractivity contribution in [1.82, 2.24) is 10.6 Å². The van der Waals surface area contributed by atoms with Crippen LogP contribution in [0.15, 0.2) is 23.2 Å². The highest BCUT2D eigenvalue weighted by Crippen LogP contribution is 2.32. The van der Waals surface area contributed by atoms with Gasteiger partial charge in [0, 0.05) is 25.2 Å². The second kappa shape index (κ2) is 12.9. The summed E-state index contributed by atoms with van der Waals surface area (Å²) >= 11 is 12.1. The largest absolute Gasteiger partial charge is 0.490 e. The first-order chi connectivity index (χ1) is 12.6. The first kappa shape index (κ1) is 24.6. The predicted molar refractivity (Wildman–Crippen MR) is 121 cm³/mol. The molecule has 0 spiro atoms. The van der Waals surface area contributed by atoms with E-state index in [4.69, 9.17) is 32.7 Å². The molecule has 1 aliphatic heterocycles. The monoisotopic (exact) mass is 531 g/mol. The number of nitrogens with one attached hydrogen (secondary N) is 2. The molecule has 0 aliphatic carbocycles. The Morgan fingerprint density at radius 1 is 1.37 bits per heavy atom. The zero-order valence-corrected chi connectivity index (χ0v) is 19.3. The third-order valence-corrected chi connectivity index (χ3v) is 5.11. The Morgan fingerprint density at radius 2 is 2.19 bits per heavy atom. The second-order valence-corrected chi connectivity index (χ2v) is 7.08. The van der Waals surface area contributed by atoms with E-state index in [0.717, 1.165) is 25.5 Å². The average molecular weight is 532 g/mol. The fraction of sp³-hybridized carbons (Fsp3) is 0.611. The van der Waals surface area contributed by atoms with Crippen molar-refractivity contribution in [3.8, 4) is 5.75 Å². The molecule has 1 aromatic rings. The van der Waals surface area contributed by atoms with Crippen molar-refractivity contribution in [2.75, 3.05) is 46.1 Å². The molecule has 27 heavy (non-hydrogen) atoms. The lowest BCUT2D eigenvalue weighted by Crippen LogP contribution is -2.40. The quantitative estimate of drug-likeness (QED) is 0.197. The van der Waals surface area contributed by atoms with Gasteiger partial charge in [0.05, 0.1) is 24.7 Å². The van der Waals surface area contributed by atoms with E-state index in [1.807, 2.05) is 6.92 Å². The van der Waals surface area contributed by atoms with Gasteiger partial charge in [0.1, 0.15) is 17.4 Å². The summed E-state index contributed by atoms with van der Waals surface area (Å²) in [6, 6.07) is 5.30. The summed E-state index contributed by atoms with van der Waals surface area (Å²) in [5, 5.41) is 16.7. The fourth-order valence-electron chi connectivity index (χ4n) is 2.80. The molecule has 1 fully saturated rings. The highest BCUT2D eigenvalue weighted by Gasteiger charge is 2.34. The Bertz CT molecular complexity index is 599. The van der Waals surface area contributed by atoms with E-state index in [0.29, 0.717) is 48.5 Å². The molecular formula is C18H28Cl2IN3O3. The standard InChI is InChI=1S/C18H27Cl2N3O3.HI/c1-2-21-17(23-12-18(6-9-24)7-10-25-13-18)22-8-11-26-15-5-3-4-14(19)16(15)20;/h3-5,24H,2,6-13H2,1H3,(H2,21,22,23);1H. The van der Waals surface area contributed by atoms with Gasteiger partial charge in [-0.1, -0.05) is 29.3 Å². The minimum absolute atomic E-state index is 0. The second-order valence-electron chi connectivity index (χ2n) is 6.30. The first-order valence-corrected chi connectivity index (χ1v) is 9.63. The molecule has 1 aliphatic rings. The van der Waals surface area contributed by atoms with E-state index in [1.54, 1.807) is 18.2 Å². The van der Waals surface area contributed by atoms with E-state index in [2.05, 4.69) is 15.6 Å². The third-order valence-electron chi connectivity index (χ3n) is 4.31. The van der Waals surface area contributed by atoms with E-state index in [9.17, 15) is 5.11 Å². The van der Waals surface area contributed by atoms with E-state index < -0.39 is 0 Å². The van der Waals surface area contributed by atoms with Crippen LogP contribution in [0.1, 0.15) is 19.8 Å². The number of aliphatic hydroxyl groups excluding tert-OH is 1. The van der Waals surface area contributed by atoms with Crippen molar-refractivity contribution < 1.29 is 14.6 Å². The Morgan fingerprint density at radius 3 is 2.85 bits per heavy atom. The zero-order valence-electron chi connectivity index (χ0n) is 15.5. The molecule has 0 radical (unpaired) electrons. The van der Waals surface area contributed by atoms with Gasteiger partial charge in [0.15, 0.2) is 5.96 Å². The Kier molecular flexibility index (Phi) is 11.7. The molecule has 1 aromatic carbocycles. The van der Waals surface area contributed by atoms with Crippen LogP contribution in [0.3, 0.4) is 0 Å². The van der Waals surface area contributed by atoms with E-state index in [1.165, 1.54) is 0 Å². The van der Waals surface area contributed by atoms with Crippen molar-refractivity contribution >= 4 is 53.1 Å². The minimum Gasteiger partial charge on any atom is -0.490 e. The molecule has 1 heterocycles. The maximum atomic E-state index is 9.31. The van der Waals surface area contributed by atoms with E-state index in [-0.39, 0.29) is 36.0 Å². The van der Waals surface area contributed by atoms with Crippen molar-refractivity contribution in [3.63, 3.8) is 0 Å². The number of guanidine groups is 1. The van der Waals surface area contributed by atoms with Gasteiger partial charge in [-0.15, -0.1) is 24.0 Å². The van der Waals surface area contributed by atoms with Crippen LogP contribution in [0.25, 0.3) is 0 Å². The minimum atomic E-state index is -0.0675. The maximum Gasteiger partial charge on any atom is 0.191 e. The normalized spacial score (nSPS) is 19.5. The molecule has 0 saturated carbocycles. The number of hydrogen-bond acceptors (Lipinski definition) is 4. The summed E-state index contributed by atoms with van der Waals surface area (Å²) in [7, 11) is 0. The van der Waals surface area contributed by atoms with Gasteiger partial charge in [0.2, 0.25) is 0 Å². The highest BCUT2D eigenvalue weighted by molar-refractivity contribution is 14.0. The van der Waals surface area contributed by atoms with Crippen LogP contribution >= 0.6 is 47.2 Å². The van der Waals surface area contributed by atoms with Crippen LogP contribution in [0.2, 0.25) is 10.0 Å². The van der Waals surface area contributed by atoms with Gasteiger partial charge in [0.25, 0.3) is 0 Å². The average Bonchev–Trinajstić information content (AvgIpc) is 3.09. The summed E-state index contributed by atoms with van der Waals surface area (Å²) in [5.74, 6) is 1.28. The van der Waals surface area contributed by atoms with Crippen molar-refractivity contribution in [1.29, 1.82) is 0 Å². The van der Waals surface area contributed by atoms with Crippen LogP contribution in [0.5, 0.6) is 5.75 Å². The smallest absolute Gasteiger partial charge is 0.191 e. The molecule has 1 atom stereocenters. The van der Waals surface area contributed by atoms with Crippen LogP contribution in [0, 0.1) is 5.41 Å². The Balaban J connectivity index is 0.00000364. The van der Waals surface area contributed by atoms with E-state index >= 15 is 0 Å². The van der Waals surface area contributed by atoms with Crippen LogP contribution < -0.4 is 15.4 Å². The summed E-state index contributed by atoms with van der Waals surface area (Å²) in [5.41, 5.74) is -0.0675. The van der Waals surface area contributed by atoms with Crippen molar-refractivity contribution in [2.24, 2.45) is 10.4 Å². The van der Waals surface area contributed by atoms with Gasteiger partial charge in [-0.05, 0) is 31.9 Å². The molecule has 154 valence electrons. The number of hydrogen-bond donors (Lipinski definition) is 3. The number of ether oxygens (including phenoxy) is 2. The van der Waals surface area contributed by atoms with Crippen molar-refractivity contribution in [3.05, 3.63) is 28.2 Å². The molecule has 6 nitrogen and oxygen atoms in total. The van der Waals surface area contributed by atoms with Gasteiger partial charge in [-0.2, -0.15) is 0 Å². The Hall–Kier alpha value is -0.480. The predicted octanol–water partition coefficient (Wildman–Crippen LogP) is 3.33. The Labute approximate surface area is 188 Å². The molecule has 3 N–H and O–H groups in total. The number of nitrogens with zero attached hydrogens (tertiary/aromatic N) is 1. The molecule has 1 saturated heterocycles. The van der Waals surface area contributed by atoms with Crippen LogP contribution in [-0.2, 0) is 4.74 Å². The number of benzene rings is 1. The van der Waals surface area contributed by atoms with Gasteiger partial charge in [-0.3, -0.25) is 4.99 Å². The zero-order chi connectivity index (χ0) is 18.8. The van der Waals surface area contributed by atoms with Crippen LogP contribution in [-0.4, -0.2) is 57.1 Å². The van der Waals surface area contributed by atoms with Gasteiger partial charge < -0.3 is 25.2 Å². The summed E-state index contributed by atoms with van der Waals surface area (Å²) in [4.78, 5) is 4.66. The molecule has 2 rings (SSSR count). The van der Waals surface area contributed by atoms with Gasteiger partial charge in [-0.25, -0.2) is 0 Å². The third kappa shape index (κ3) is 7.81. The molecule has 0 bridgehead atoms. The number of aliphatic hydroxyl groups is 1. The fourth-order valence-corrected chi connectivity index (χ4v) is 3.15. The van der Waals surface area contributed by atoms with Crippen LogP contribution in [0.4, 0.5) is 0 Å². The van der Waals surface area contributed by atoms with Crippen molar-refractivity contribution in [2.45, 2.75) is 19.8 Å². The highest BCUT2D eigenvalue weighted by atomic mass is 127. The maximum absolute atomic E-state index is 9.31. The molecule has 0 amide bonds. The molecule has 0 aromatic heterocycles. The number of aliphatic imine (C=N–C) groups is 1. The lowest BCUT2D eigenvalue weighted by Gasteiger charge is -2.24. The first-order valence-electron chi connectivity index (χ1n) is 8.88. The lowest BCUT2D eigenvalue weighted by molar-refractivity contribution is 0.131. The number of halogens is 3. The summed E-state index contributed by atoms with van der Waals surface area (Å²) in [6.45, 7) is 5.91. The molecule has 9 heteroatoms. The van der Waals surface area contributed by atoms with Gasteiger partial charge >= 0.3 is 0 Å². The topological polar surface area (TPSA) is 75.1 Å². The lowest BCUT2D eigenvalue weighted by atomic mass is 9.84. The number of rotatable bonds is 9.